The molecule has 1 aromatic carbocycles. The number of nitro benzene ring substituents is 1. The first-order chi connectivity index (χ1) is 10.8. The number of hydrogen-bond donors (Lipinski definition) is 2. The van der Waals surface area contributed by atoms with Gasteiger partial charge in [-0.15, -0.1) is 0 Å². The molecular weight excluding hydrogens is 292 g/mol. The maximum absolute atomic E-state index is 10.7. The van der Waals surface area contributed by atoms with Crippen LogP contribution in [0.2, 0.25) is 0 Å². The first-order valence-corrected chi connectivity index (χ1v) is 8.14. The largest absolute Gasteiger partial charge is 0.354 e. The molecule has 0 aliphatic rings. The van der Waals surface area contributed by atoms with Crippen molar-refractivity contribution in [1.29, 1.82) is 0 Å². The van der Waals surface area contributed by atoms with E-state index >= 15 is 0 Å². The smallest absolute Gasteiger partial charge is 0.269 e. The molecule has 0 aromatic heterocycles. The van der Waals surface area contributed by atoms with Crippen LogP contribution < -0.4 is 10.6 Å². The molecule has 0 aliphatic carbocycles. The summed E-state index contributed by atoms with van der Waals surface area (Å²) in [5, 5.41) is 17.5. The lowest BCUT2D eigenvalue weighted by Gasteiger charge is -2.23. The van der Waals surface area contributed by atoms with Crippen LogP contribution in [0.4, 0.5) is 5.69 Å². The standard InChI is InChI=1S/C17H28N4O2/c1-6-13(4)19-17(20-14(5)12(2)3)18-11-15-7-9-16(10-8-15)21(22)23/h7-10,12-14H,6,11H2,1-5H3,(H2,18,19,20). The van der Waals surface area contributed by atoms with Crippen LogP contribution in [0.5, 0.6) is 0 Å². The lowest BCUT2D eigenvalue weighted by atomic mass is 10.1. The number of guanidine groups is 1. The number of aliphatic imine (C=N–C) groups is 1. The second-order valence-electron chi connectivity index (χ2n) is 6.22. The highest BCUT2D eigenvalue weighted by molar-refractivity contribution is 5.80. The molecule has 1 aromatic rings. The molecule has 0 fully saturated rings. The van der Waals surface area contributed by atoms with Gasteiger partial charge in [-0.1, -0.05) is 32.9 Å². The predicted molar refractivity (Wildman–Crippen MR) is 94.6 cm³/mol. The van der Waals surface area contributed by atoms with E-state index in [9.17, 15) is 10.1 Å². The van der Waals surface area contributed by atoms with Gasteiger partial charge >= 0.3 is 0 Å². The van der Waals surface area contributed by atoms with E-state index < -0.39 is 4.92 Å². The van der Waals surface area contributed by atoms with Gasteiger partial charge in [-0.3, -0.25) is 10.1 Å². The van der Waals surface area contributed by atoms with Gasteiger partial charge in [0.15, 0.2) is 5.96 Å². The molecule has 2 N–H and O–H groups in total. The van der Waals surface area contributed by atoms with Crippen molar-refractivity contribution in [2.75, 3.05) is 0 Å². The molecule has 0 saturated heterocycles. The maximum Gasteiger partial charge on any atom is 0.269 e. The first kappa shape index (κ1) is 18.9. The molecule has 1 rings (SSSR count). The molecule has 23 heavy (non-hydrogen) atoms. The van der Waals surface area contributed by atoms with Gasteiger partial charge in [0.05, 0.1) is 11.5 Å². The van der Waals surface area contributed by atoms with Crippen LogP contribution in [0.25, 0.3) is 0 Å². The number of rotatable bonds is 7. The summed E-state index contributed by atoms with van der Waals surface area (Å²) in [6, 6.07) is 7.15. The molecule has 0 amide bonds. The van der Waals surface area contributed by atoms with Crippen molar-refractivity contribution < 1.29 is 4.92 Å². The van der Waals surface area contributed by atoms with Crippen LogP contribution in [-0.2, 0) is 6.54 Å². The van der Waals surface area contributed by atoms with Crippen molar-refractivity contribution in [3.05, 3.63) is 39.9 Å². The summed E-state index contributed by atoms with van der Waals surface area (Å²) in [6.07, 6.45) is 1.01. The van der Waals surface area contributed by atoms with Gasteiger partial charge in [-0.05, 0) is 31.7 Å². The van der Waals surface area contributed by atoms with E-state index in [4.69, 9.17) is 0 Å². The van der Waals surface area contributed by atoms with Crippen LogP contribution in [0.15, 0.2) is 29.3 Å². The summed E-state index contributed by atoms with van der Waals surface area (Å²) in [5.41, 5.74) is 1.04. The van der Waals surface area contributed by atoms with Crippen molar-refractivity contribution in [3.63, 3.8) is 0 Å². The molecule has 0 saturated carbocycles. The van der Waals surface area contributed by atoms with Crippen molar-refractivity contribution in [3.8, 4) is 0 Å². The van der Waals surface area contributed by atoms with Crippen LogP contribution in [-0.4, -0.2) is 23.0 Å². The van der Waals surface area contributed by atoms with Gasteiger partial charge in [-0.25, -0.2) is 4.99 Å². The topological polar surface area (TPSA) is 79.6 Å². The Morgan fingerprint density at radius 1 is 1.17 bits per heavy atom. The van der Waals surface area contributed by atoms with Crippen molar-refractivity contribution in [2.24, 2.45) is 10.9 Å². The van der Waals surface area contributed by atoms with E-state index in [0.717, 1.165) is 17.9 Å². The Bertz CT molecular complexity index is 526. The summed E-state index contributed by atoms with van der Waals surface area (Å²) >= 11 is 0. The molecule has 0 radical (unpaired) electrons. The third-order valence-corrected chi connectivity index (χ3v) is 3.93. The Morgan fingerprint density at radius 3 is 2.26 bits per heavy atom. The van der Waals surface area contributed by atoms with Crippen molar-refractivity contribution >= 4 is 11.6 Å². The molecule has 128 valence electrons. The summed E-state index contributed by atoms with van der Waals surface area (Å²) < 4.78 is 0. The lowest BCUT2D eigenvalue weighted by molar-refractivity contribution is -0.384. The molecule has 6 heteroatoms. The third-order valence-electron chi connectivity index (χ3n) is 3.93. The van der Waals surface area contributed by atoms with E-state index in [0.29, 0.717) is 24.5 Å². The quantitative estimate of drug-likeness (QED) is 0.349. The van der Waals surface area contributed by atoms with Gasteiger partial charge in [0, 0.05) is 24.2 Å². The van der Waals surface area contributed by atoms with Gasteiger partial charge < -0.3 is 10.6 Å². The lowest BCUT2D eigenvalue weighted by Crippen LogP contribution is -2.47. The minimum Gasteiger partial charge on any atom is -0.354 e. The molecule has 2 unspecified atom stereocenters. The summed E-state index contributed by atoms with van der Waals surface area (Å²) in [5.74, 6) is 1.28. The Kier molecular flexibility index (Phi) is 7.51. The fourth-order valence-corrected chi connectivity index (χ4v) is 1.74. The van der Waals surface area contributed by atoms with Gasteiger partial charge in [0.1, 0.15) is 0 Å². The molecule has 0 bridgehead atoms. The molecule has 0 spiro atoms. The number of non-ortho nitro benzene ring substituents is 1. The molecule has 2 atom stereocenters. The van der Waals surface area contributed by atoms with E-state index in [1.807, 2.05) is 0 Å². The molecule has 6 nitrogen and oxygen atoms in total. The van der Waals surface area contributed by atoms with E-state index in [1.54, 1.807) is 12.1 Å². The summed E-state index contributed by atoms with van der Waals surface area (Å²) in [6.45, 7) is 11.2. The molecule has 0 aliphatic heterocycles. The Hall–Kier alpha value is -2.11. The Balaban J connectivity index is 2.79. The van der Waals surface area contributed by atoms with Gasteiger partial charge in [0.25, 0.3) is 5.69 Å². The number of nitro groups is 1. The first-order valence-electron chi connectivity index (χ1n) is 8.14. The fourth-order valence-electron chi connectivity index (χ4n) is 1.74. The number of hydrogen-bond acceptors (Lipinski definition) is 3. The number of nitrogens with one attached hydrogen (secondary N) is 2. The molecular formula is C17H28N4O2. The van der Waals surface area contributed by atoms with E-state index in [1.165, 1.54) is 12.1 Å². The normalized spacial score (nSPS) is 14.4. The van der Waals surface area contributed by atoms with Crippen molar-refractivity contribution in [2.45, 2.75) is 59.7 Å². The van der Waals surface area contributed by atoms with Gasteiger partial charge in [0.2, 0.25) is 0 Å². The number of nitrogens with zero attached hydrogens (tertiary/aromatic N) is 2. The zero-order valence-electron chi connectivity index (χ0n) is 14.7. The molecule has 0 heterocycles. The van der Waals surface area contributed by atoms with Crippen LogP contribution in [0.1, 0.15) is 46.6 Å². The van der Waals surface area contributed by atoms with Crippen molar-refractivity contribution in [1.82, 2.24) is 10.6 Å². The maximum atomic E-state index is 10.7. The SMILES string of the molecule is CCC(C)NC(=NCc1ccc([N+](=O)[O-])cc1)NC(C)C(C)C. The third kappa shape index (κ3) is 6.67. The minimum absolute atomic E-state index is 0.0993. The van der Waals surface area contributed by atoms with Crippen LogP contribution in [0, 0.1) is 16.0 Å². The second kappa shape index (κ2) is 9.12. The van der Waals surface area contributed by atoms with E-state index in [-0.39, 0.29) is 5.69 Å². The minimum atomic E-state index is -0.394. The highest BCUT2D eigenvalue weighted by Gasteiger charge is 2.11. The average Bonchev–Trinajstić information content (AvgIpc) is 2.52. The summed E-state index contributed by atoms with van der Waals surface area (Å²) in [4.78, 5) is 14.9. The highest BCUT2D eigenvalue weighted by Crippen LogP contribution is 2.12. The van der Waals surface area contributed by atoms with Gasteiger partial charge in [-0.2, -0.15) is 0 Å². The number of benzene rings is 1. The monoisotopic (exact) mass is 320 g/mol. The van der Waals surface area contributed by atoms with Crippen LogP contribution >= 0.6 is 0 Å². The van der Waals surface area contributed by atoms with E-state index in [2.05, 4.69) is 50.2 Å². The fraction of sp³-hybridized carbons (Fsp3) is 0.588. The predicted octanol–water partition coefficient (Wildman–Crippen LogP) is 3.47. The Morgan fingerprint density at radius 2 is 1.78 bits per heavy atom. The second-order valence-corrected chi connectivity index (χ2v) is 6.22. The Labute approximate surface area is 138 Å². The average molecular weight is 320 g/mol. The summed E-state index contributed by atoms with van der Waals surface area (Å²) in [7, 11) is 0. The zero-order chi connectivity index (χ0) is 17.4. The zero-order valence-corrected chi connectivity index (χ0v) is 14.7. The highest BCUT2D eigenvalue weighted by atomic mass is 16.6. The van der Waals surface area contributed by atoms with Crippen LogP contribution in [0.3, 0.4) is 0 Å².